The van der Waals surface area contributed by atoms with E-state index < -0.39 is 25.0 Å². The van der Waals surface area contributed by atoms with Gasteiger partial charge in [-0.15, -0.1) is 0 Å². The molecule has 0 saturated carbocycles. The predicted octanol–water partition coefficient (Wildman–Crippen LogP) is 9.51. The number of aliphatic hydroxyl groups excluding tert-OH is 1. The molecule has 1 N–H and O–H groups in total. The summed E-state index contributed by atoms with van der Waals surface area (Å²) >= 11 is 8.22. The molecule has 2 aromatic rings. The average molecular weight is 578 g/mol. The van der Waals surface area contributed by atoms with Crippen molar-refractivity contribution in [3.8, 4) is 0 Å². The van der Waals surface area contributed by atoms with Crippen LogP contribution < -0.4 is 0 Å². The minimum absolute atomic E-state index is 0.120. The standard InChI is InChI=1S/C31H48ClNO3SSi/c1-21(2)38(22(3)4,23(5)6)37-28-16-14-25(15-17-28)18-24(7)36-30(35)33(31(8,9)10)20-29(34)26-12-11-13-27(32)19-26/h11-17,19,21-24,29,34H,18,20H2,1-10H3/t24-,29+/m1/s1. The van der Waals surface area contributed by atoms with Crippen molar-refractivity contribution in [2.45, 2.75) is 115 Å². The molecule has 0 radical (unpaired) electrons. The highest BCUT2D eigenvalue weighted by Crippen LogP contribution is 2.51. The van der Waals surface area contributed by atoms with E-state index in [9.17, 15) is 9.90 Å². The second-order valence-electron chi connectivity index (χ2n) is 12.3. The van der Waals surface area contributed by atoms with Crippen LogP contribution in [-0.2, 0) is 11.2 Å². The van der Waals surface area contributed by atoms with Crippen LogP contribution in [0.2, 0.25) is 21.6 Å². The van der Waals surface area contributed by atoms with E-state index in [2.05, 4.69) is 77.0 Å². The van der Waals surface area contributed by atoms with Gasteiger partial charge < -0.3 is 14.7 Å². The Kier molecular flexibility index (Phi) is 11.8. The Labute approximate surface area is 241 Å². The molecular weight excluding hydrogens is 530 g/mol. The van der Waals surface area contributed by atoms with E-state index in [0.29, 0.717) is 33.6 Å². The third-order valence-electron chi connectivity index (χ3n) is 7.37. The van der Waals surface area contributed by atoms with Crippen molar-refractivity contribution >= 4 is 36.1 Å². The maximum absolute atomic E-state index is 13.2. The lowest BCUT2D eigenvalue weighted by molar-refractivity contribution is 0.0198. The van der Waals surface area contributed by atoms with Crippen LogP contribution >= 0.6 is 22.8 Å². The number of hydrogen-bond donors (Lipinski definition) is 1. The van der Waals surface area contributed by atoms with Gasteiger partial charge in [0.2, 0.25) is 0 Å². The number of ether oxygens (including phenoxy) is 1. The molecule has 0 aliphatic heterocycles. The van der Waals surface area contributed by atoms with E-state index in [1.54, 1.807) is 23.1 Å². The topological polar surface area (TPSA) is 49.8 Å². The zero-order valence-corrected chi connectivity index (χ0v) is 27.5. The number of halogens is 1. The van der Waals surface area contributed by atoms with Gasteiger partial charge in [0.25, 0.3) is 0 Å². The Morgan fingerprint density at radius 3 is 2.00 bits per heavy atom. The summed E-state index contributed by atoms with van der Waals surface area (Å²) in [7, 11) is -1.60. The Morgan fingerprint density at radius 2 is 1.53 bits per heavy atom. The fourth-order valence-corrected chi connectivity index (χ4v) is 14.8. The van der Waals surface area contributed by atoms with Crippen LogP contribution in [0.5, 0.6) is 0 Å². The molecule has 2 atom stereocenters. The van der Waals surface area contributed by atoms with Crippen molar-refractivity contribution in [3.05, 3.63) is 64.7 Å². The molecule has 212 valence electrons. The van der Waals surface area contributed by atoms with Gasteiger partial charge in [-0.3, -0.25) is 0 Å². The summed E-state index contributed by atoms with van der Waals surface area (Å²) in [4.78, 5) is 16.1. The summed E-state index contributed by atoms with van der Waals surface area (Å²) < 4.78 is 5.86. The Morgan fingerprint density at radius 1 is 0.974 bits per heavy atom. The van der Waals surface area contributed by atoms with Crippen LogP contribution in [-0.4, -0.2) is 41.5 Å². The molecule has 0 heterocycles. The summed E-state index contributed by atoms with van der Waals surface area (Å²) in [6.07, 6.45) is -0.962. The van der Waals surface area contributed by atoms with Crippen molar-refractivity contribution in [3.63, 3.8) is 0 Å². The summed E-state index contributed by atoms with van der Waals surface area (Å²) in [6, 6.07) is 15.9. The molecule has 0 spiro atoms. The molecule has 4 nitrogen and oxygen atoms in total. The molecule has 0 bridgehead atoms. The molecule has 0 saturated heterocycles. The molecule has 0 aromatic heterocycles. The highest BCUT2D eigenvalue weighted by Gasteiger charge is 2.44. The number of benzene rings is 2. The monoisotopic (exact) mass is 577 g/mol. The van der Waals surface area contributed by atoms with Crippen molar-refractivity contribution < 1.29 is 14.6 Å². The predicted molar refractivity (Wildman–Crippen MR) is 166 cm³/mol. The first-order valence-corrected chi connectivity index (χ1v) is 17.9. The zero-order chi connectivity index (χ0) is 28.8. The third kappa shape index (κ3) is 8.51. The van der Waals surface area contributed by atoms with Gasteiger partial charge in [-0.1, -0.05) is 77.4 Å². The Bertz CT molecular complexity index is 1010. The van der Waals surface area contributed by atoms with Crippen molar-refractivity contribution in [1.82, 2.24) is 4.90 Å². The molecule has 0 fully saturated rings. The van der Waals surface area contributed by atoms with Gasteiger partial charge >= 0.3 is 6.09 Å². The quantitative estimate of drug-likeness (QED) is 0.270. The van der Waals surface area contributed by atoms with E-state index in [4.69, 9.17) is 16.3 Å². The summed E-state index contributed by atoms with van der Waals surface area (Å²) in [5.74, 6) is 0. The molecule has 0 unspecified atom stereocenters. The van der Waals surface area contributed by atoms with Gasteiger partial charge in [-0.05, 0) is 79.7 Å². The van der Waals surface area contributed by atoms with E-state index in [1.165, 1.54) is 4.90 Å². The minimum atomic E-state index is -1.60. The first-order valence-electron chi connectivity index (χ1n) is 13.8. The number of nitrogens with zero attached hydrogens (tertiary/aromatic N) is 1. The molecule has 38 heavy (non-hydrogen) atoms. The molecule has 2 rings (SSSR count). The smallest absolute Gasteiger partial charge is 0.410 e. The van der Waals surface area contributed by atoms with Gasteiger partial charge in [0.05, 0.1) is 12.6 Å². The SMILES string of the molecule is CC(C)[Si](Sc1ccc(C[C@@H](C)OC(=O)N(C[C@H](O)c2cccc(Cl)c2)C(C)(C)C)cc1)(C(C)C)C(C)C. The lowest BCUT2D eigenvalue weighted by Crippen LogP contribution is -2.48. The lowest BCUT2D eigenvalue weighted by Gasteiger charge is -2.42. The van der Waals surface area contributed by atoms with Crippen LogP contribution in [0.3, 0.4) is 0 Å². The average Bonchev–Trinajstić information content (AvgIpc) is 2.80. The number of β-amino-alcohol motifs (C(OH)–C–C–N with tert-alkyl or cyclic N) is 1. The summed E-state index contributed by atoms with van der Waals surface area (Å²) in [6.45, 7) is 22.2. The maximum Gasteiger partial charge on any atom is 0.410 e. The van der Waals surface area contributed by atoms with Crippen molar-refractivity contribution in [2.75, 3.05) is 6.54 Å². The van der Waals surface area contributed by atoms with E-state index in [-0.39, 0.29) is 12.6 Å². The van der Waals surface area contributed by atoms with Gasteiger partial charge in [-0.2, -0.15) is 11.2 Å². The van der Waals surface area contributed by atoms with Crippen LogP contribution in [0.15, 0.2) is 53.4 Å². The van der Waals surface area contributed by atoms with Crippen LogP contribution in [0.4, 0.5) is 4.79 Å². The first kappa shape index (κ1) is 32.7. The Balaban J connectivity index is 2.07. The molecule has 0 aliphatic rings. The highest BCUT2D eigenvalue weighted by atomic mass is 35.5. The second-order valence-corrected chi connectivity index (χ2v) is 21.3. The van der Waals surface area contributed by atoms with Crippen molar-refractivity contribution in [2.24, 2.45) is 0 Å². The number of carbonyl (C=O) groups is 1. The van der Waals surface area contributed by atoms with E-state index in [0.717, 1.165) is 5.56 Å². The number of carbonyl (C=O) groups excluding carboxylic acids is 1. The van der Waals surface area contributed by atoms with Gasteiger partial charge in [0.1, 0.15) is 13.3 Å². The third-order valence-corrected chi connectivity index (χ3v) is 19.9. The van der Waals surface area contributed by atoms with E-state index in [1.807, 2.05) is 33.8 Å². The fourth-order valence-electron chi connectivity index (χ4n) is 5.48. The van der Waals surface area contributed by atoms with E-state index >= 15 is 0 Å². The van der Waals surface area contributed by atoms with Crippen LogP contribution in [0.25, 0.3) is 0 Å². The van der Waals surface area contributed by atoms with Crippen LogP contribution in [0, 0.1) is 0 Å². The van der Waals surface area contributed by atoms with Crippen LogP contribution in [0.1, 0.15) is 86.5 Å². The molecule has 2 aromatic carbocycles. The Hall–Kier alpha value is -1.47. The number of rotatable bonds is 11. The van der Waals surface area contributed by atoms with Gasteiger partial charge in [-0.25, -0.2) is 4.79 Å². The van der Waals surface area contributed by atoms with Gasteiger partial charge in [0.15, 0.2) is 0 Å². The highest BCUT2D eigenvalue weighted by molar-refractivity contribution is 8.29. The van der Waals surface area contributed by atoms with Crippen molar-refractivity contribution in [1.29, 1.82) is 0 Å². The summed E-state index contributed by atoms with van der Waals surface area (Å²) in [5.41, 5.74) is 3.36. The first-order chi connectivity index (χ1) is 17.6. The molecule has 0 aliphatic carbocycles. The molecule has 7 heteroatoms. The molecule has 1 amide bonds. The lowest BCUT2D eigenvalue weighted by atomic mass is 10.0. The maximum atomic E-state index is 13.2. The minimum Gasteiger partial charge on any atom is -0.446 e. The largest absolute Gasteiger partial charge is 0.446 e. The fraction of sp³-hybridized carbons (Fsp3) is 0.581. The second kappa shape index (κ2) is 13.7. The normalized spacial score (nSPS) is 14.2. The van der Waals surface area contributed by atoms with Gasteiger partial charge in [0, 0.05) is 21.9 Å². The number of amides is 1. The number of hydrogen-bond acceptors (Lipinski definition) is 4. The number of aliphatic hydroxyl groups is 1. The molecular formula is C31H48ClNO3SSi. The zero-order valence-electron chi connectivity index (χ0n) is 24.9. The summed E-state index contributed by atoms with van der Waals surface area (Å²) in [5, 5.41) is 11.3.